The molecular formula is C24H26FN3O5. The minimum Gasteiger partial charge on any atom is -0.481 e. The van der Waals surface area contributed by atoms with E-state index < -0.39 is 36.3 Å². The molecule has 1 amide bonds. The van der Waals surface area contributed by atoms with Crippen molar-refractivity contribution in [3.63, 3.8) is 0 Å². The van der Waals surface area contributed by atoms with Crippen molar-refractivity contribution in [3.8, 4) is 11.4 Å². The van der Waals surface area contributed by atoms with Gasteiger partial charge >= 0.3 is 5.97 Å². The van der Waals surface area contributed by atoms with Crippen molar-refractivity contribution in [2.75, 3.05) is 5.32 Å². The predicted octanol–water partition coefficient (Wildman–Crippen LogP) is 3.23. The molecule has 9 heteroatoms. The smallest absolute Gasteiger partial charge is 0.305 e. The summed E-state index contributed by atoms with van der Waals surface area (Å²) in [4.78, 5) is 28.1. The number of aromatic nitrogens is 2. The van der Waals surface area contributed by atoms with Gasteiger partial charge in [-0.15, -0.1) is 0 Å². The van der Waals surface area contributed by atoms with Crippen LogP contribution in [0.1, 0.15) is 35.4 Å². The number of carboxylic acid groups (broad SMARTS) is 1. The van der Waals surface area contributed by atoms with Gasteiger partial charge in [0.1, 0.15) is 17.3 Å². The van der Waals surface area contributed by atoms with Gasteiger partial charge in [0.25, 0.3) is 5.91 Å². The minimum atomic E-state index is -1.16. The van der Waals surface area contributed by atoms with Gasteiger partial charge in [0.05, 0.1) is 18.6 Å². The Morgan fingerprint density at radius 1 is 1.06 bits per heavy atom. The molecular weight excluding hydrogens is 429 g/mol. The first-order chi connectivity index (χ1) is 15.7. The van der Waals surface area contributed by atoms with Crippen LogP contribution in [0.4, 0.5) is 10.1 Å². The highest BCUT2D eigenvalue weighted by Gasteiger charge is 2.22. The molecule has 1 heterocycles. The topological polar surface area (TPSA) is 125 Å². The van der Waals surface area contributed by atoms with Crippen LogP contribution in [0.15, 0.2) is 54.6 Å². The summed E-state index contributed by atoms with van der Waals surface area (Å²) in [6.07, 6.45) is -2.46. The zero-order chi connectivity index (χ0) is 24.0. The molecule has 2 aromatic carbocycles. The summed E-state index contributed by atoms with van der Waals surface area (Å²) >= 11 is 0. The van der Waals surface area contributed by atoms with Crippen LogP contribution in [0.5, 0.6) is 0 Å². The zero-order valence-electron chi connectivity index (χ0n) is 18.1. The van der Waals surface area contributed by atoms with E-state index in [1.165, 1.54) is 12.1 Å². The fourth-order valence-electron chi connectivity index (χ4n) is 3.55. The van der Waals surface area contributed by atoms with Crippen molar-refractivity contribution in [2.45, 2.75) is 44.9 Å². The summed E-state index contributed by atoms with van der Waals surface area (Å²) < 4.78 is 15.2. The number of halogens is 1. The summed E-state index contributed by atoms with van der Waals surface area (Å²) in [5.41, 5.74) is 1.96. The van der Waals surface area contributed by atoms with E-state index in [1.807, 2.05) is 6.07 Å². The summed E-state index contributed by atoms with van der Waals surface area (Å²) in [5, 5.41) is 31.6. The third-order valence-corrected chi connectivity index (χ3v) is 5.21. The molecule has 33 heavy (non-hydrogen) atoms. The van der Waals surface area contributed by atoms with E-state index in [0.29, 0.717) is 22.8 Å². The van der Waals surface area contributed by atoms with E-state index in [2.05, 4.69) is 10.3 Å². The Morgan fingerprint density at radius 3 is 2.36 bits per heavy atom. The number of carbonyl (C=O) groups is 2. The van der Waals surface area contributed by atoms with Crippen molar-refractivity contribution < 1.29 is 29.3 Å². The third kappa shape index (κ3) is 6.47. The molecule has 2 atom stereocenters. The average Bonchev–Trinajstić information content (AvgIpc) is 3.09. The molecule has 0 aliphatic carbocycles. The van der Waals surface area contributed by atoms with Gasteiger partial charge in [-0.25, -0.2) is 9.37 Å². The van der Waals surface area contributed by atoms with Gasteiger partial charge in [-0.3, -0.25) is 9.59 Å². The van der Waals surface area contributed by atoms with Crippen LogP contribution < -0.4 is 5.32 Å². The van der Waals surface area contributed by atoms with Crippen LogP contribution in [0.25, 0.3) is 11.4 Å². The van der Waals surface area contributed by atoms with Gasteiger partial charge < -0.3 is 25.2 Å². The average molecular weight is 455 g/mol. The number of aliphatic hydroxyl groups is 2. The number of hydrogen-bond acceptors (Lipinski definition) is 5. The Labute approximate surface area is 190 Å². The van der Waals surface area contributed by atoms with E-state index >= 15 is 0 Å². The highest BCUT2D eigenvalue weighted by Crippen LogP contribution is 2.25. The van der Waals surface area contributed by atoms with Gasteiger partial charge in [-0.1, -0.05) is 18.2 Å². The molecule has 0 saturated carbocycles. The second-order valence-corrected chi connectivity index (χ2v) is 7.78. The number of nitrogens with zero attached hydrogens (tertiary/aromatic N) is 2. The number of benzene rings is 2. The van der Waals surface area contributed by atoms with Gasteiger partial charge in [-0.2, -0.15) is 0 Å². The van der Waals surface area contributed by atoms with Crippen LogP contribution >= 0.6 is 0 Å². The molecule has 3 aromatic rings. The quantitative estimate of drug-likeness (QED) is 0.372. The summed E-state index contributed by atoms with van der Waals surface area (Å²) in [5.74, 6) is -1.52. The lowest BCUT2D eigenvalue weighted by Crippen LogP contribution is -2.22. The molecule has 0 aliphatic heterocycles. The Hall–Kier alpha value is -3.56. The number of aliphatic hydroxyl groups excluding tert-OH is 2. The number of rotatable bonds is 10. The highest BCUT2D eigenvalue weighted by atomic mass is 19.1. The van der Waals surface area contributed by atoms with E-state index in [0.717, 1.165) is 0 Å². The molecule has 0 bridgehead atoms. The largest absolute Gasteiger partial charge is 0.481 e. The SMILES string of the molecule is Cc1c(C(=O)Nc2ccccc2)nc(-c2ccc(F)cc2)n1CC[C@@H](O)C[C@@H](O)CC(=O)O. The Kier molecular flexibility index (Phi) is 7.92. The van der Waals surface area contributed by atoms with E-state index in [-0.39, 0.29) is 25.1 Å². The summed E-state index contributed by atoms with van der Waals surface area (Å²) in [6.45, 7) is 1.98. The number of aliphatic carboxylic acids is 1. The predicted molar refractivity (Wildman–Crippen MR) is 120 cm³/mol. The van der Waals surface area contributed by atoms with Crippen LogP contribution in [0.2, 0.25) is 0 Å². The van der Waals surface area contributed by atoms with Crippen LogP contribution in [0, 0.1) is 12.7 Å². The maximum absolute atomic E-state index is 13.4. The van der Waals surface area contributed by atoms with Crippen LogP contribution in [-0.4, -0.2) is 49.0 Å². The lowest BCUT2D eigenvalue weighted by Gasteiger charge is -2.16. The number of nitrogens with one attached hydrogen (secondary N) is 1. The lowest BCUT2D eigenvalue weighted by atomic mass is 10.1. The van der Waals surface area contributed by atoms with Gasteiger partial charge in [-0.05, 0) is 56.2 Å². The number of para-hydroxylation sites is 1. The molecule has 0 radical (unpaired) electrons. The third-order valence-electron chi connectivity index (χ3n) is 5.21. The molecule has 0 unspecified atom stereocenters. The standard InChI is InChI=1S/C24H26FN3O5/c1-15-22(24(33)26-18-5-3-2-4-6-18)27-23(16-7-9-17(25)10-8-16)28(15)12-11-19(29)13-20(30)14-21(31)32/h2-10,19-20,29-30H,11-14H2,1H3,(H,26,33)(H,31,32)/t19-,20-/m1/s1. The number of carbonyl (C=O) groups excluding carboxylic acids is 1. The van der Waals surface area contributed by atoms with Crippen molar-refractivity contribution >= 4 is 17.6 Å². The zero-order valence-corrected chi connectivity index (χ0v) is 18.1. The second kappa shape index (κ2) is 10.8. The van der Waals surface area contributed by atoms with Gasteiger partial charge in [0.15, 0.2) is 0 Å². The van der Waals surface area contributed by atoms with Crippen molar-refractivity contribution in [1.29, 1.82) is 0 Å². The maximum Gasteiger partial charge on any atom is 0.305 e. The molecule has 174 valence electrons. The van der Waals surface area contributed by atoms with Crippen LogP contribution in [-0.2, 0) is 11.3 Å². The molecule has 4 N–H and O–H groups in total. The number of amides is 1. The van der Waals surface area contributed by atoms with E-state index in [4.69, 9.17) is 5.11 Å². The van der Waals surface area contributed by atoms with E-state index in [1.54, 1.807) is 47.9 Å². The lowest BCUT2D eigenvalue weighted by molar-refractivity contribution is -0.139. The Morgan fingerprint density at radius 2 is 1.73 bits per heavy atom. The first-order valence-corrected chi connectivity index (χ1v) is 10.5. The summed E-state index contributed by atoms with van der Waals surface area (Å²) in [6, 6.07) is 14.6. The van der Waals surface area contributed by atoms with Gasteiger partial charge in [0, 0.05) is 23.5 Å². The Balaban J connectivity index is 1.84. The fraction of sp³-hybridized carbons (Fsp3) is 0.292. The van der Waals surface area contributed by atoms with Gasteiger partial charge in [0.2, 0.25) is 0 Å². The van der Waals surface area contributed by atoms with E-state index in [9.17, 15) is 24.2 Å². The monoisotopic (exact) mass is 455 g/mol. The molecule has 8 nitrogen and oxygen atoms in total. The first-order valence-electron chi connectivity index (χ1n) is 10.5. The number of anilines is 1. The highest BCUT2D eigenvalue weighted by molar-refractivity contribution is 6.04. The fourth-order valence-corrected chi connectivity index (χ4v) is 3.55. The second-order valence-electron chi connectivity index (χ2n) is 7.78. The summed E-state index contributed by atoms with van der Waals surface area (Å²) in [7, 11) is 0. The molecule has 0 spiro atoms. The number of carboxylic acids is 1. The number of hydrogen-bond donors (Lipinski definition) is 4. The normalized spacial score (nSPS) is 12.8. The van der Waals surface area contributed by atoms with Crippen molar-refractivity contribution in [3.05, 3.63) is 71.8 Å². The molecule has 1 aromatic heterocycles. The molecule has 0 aliphatic rings. The van der Waals surface area contributed by atoms with Crippen molar-refractivity contribution in [1.82, 2.24) is 9.55 Å². The molecule has 3 rings (SSSR count). The molecule has 0 saturated heterocycles. The maximum atomic E-state index is 13.4. The van der Waals surface area contributed by atoms with Crippen molar-refractivity contribution in [2.24, 2.45) is 0 Å². The van der Waals surface area contributed by atoms with Crippen LogP contribution in [0.3, 0.4) is 0 Å². The Bertz CT molecular complexity index is 1100. The number of imidazole rings is 1. The first kappa shape index (κ1) is 24.1. The molecule has 0 fully saturated rings. The minimum absolute atomic E-state index is 0.0900.